The van der Waals surface area contributed by atoms with E-state index in [-0.39, 0.29) is 6.61 Å². The van der Waals surface area contributed by atoms with E-state index < -0.39 is 17.9 Å². The maximum Gasteiger partial charge on any atom is 0.328 e. The van der Waals surface area contributed by atoms with Crippen molar-refractivity contribution in [2.75, 3.05) is 13.7 Å². The van der Waals surface area contributed by atoms with Crippen LogP contribution in [0.5, 0.6) is 0 Å². The Morgan fingerprint density at radius 1 is 1.20 bits per heavy atom. The van der Waals surface area contributed by atoms with Gasteiger partial charge < -0.3 is 15.2 Å². The van der Waals surface area contributed by atoms with E-state index in [0.717, 1.165) is 10.8 Å². The predicted molar refractivity (Wildman–Crippen MR) is 74.7 cm³/mol. The first-order valence-corrected chi connectivity index (χ1v) is 6.13. The third kappa shape index (κ3) is 3.13. The highest BCUT2D eigenvalue weighted by Gasteiger charge is 2.20. The van der Waals surface area contributed by atoms with Crippen molar-refractivity contribution in [3.8, 4) is 0 Å². The molecule has 0 saturated heterocycles. The molecule has 0 bridgehead atoms. The highest BCUT2D eigenvalue weighted by atomic mass is 16.5. The van der Waals surface area contributed by atoms with Crippen LogP contribution in [0.2, 0.25) is 0 Å². The van der Waals surface area contributed by atoms with Gasteiger partial charge in [-0.25, -0.2) is 4.79 Å². The highest BCUT2D eigenvalue weighted by molar-refractivity contribution is 6.00. The van der Waals surface area contributed by atoms with Gasteiger partial charge in [0.2, 0.25) is 0 Å². The van der Waals surface area contributed by atoms with Gasteiger partial charge in [-0.05, 0) is 22.9 Å². The second kappa shape index (κ2) is 6.16. The van der Waals surface area contributed by atoms with Crippen molar-refractivity contribution in [3.05, 3.63) is 48.0 Å². The Bertz CT molecular complexity index is 639. The summed E-state index contributed by atoms with van der Waals surface area (Å²) in [5.74, 6) is -1.55. The van der Waals surface area contributed by atoms with Crippen LogP contribution in [0.1, 0.15) is 10.4 Å². The number of benzene rings is 2. The average molecular weight is 273 g/mol. The topological polar surface area (TPSA) is 75.6 Å². The second-order valence-corrected chi connectivity index (χ2v) is 4.38. The third-order valence-electron chi connectivity index (χ3n) is 2.95. The van der Waals surface area contributed by atoms with Gasteiger partial charge in [-0.1, -0.05) is 30.3 Å². The van der Waals surface area contributed by atoms with E-state index in [9.17, 15) is 9.59 Å². The van der Waals surface area contributed by atoms with Gasteiger partial charge in [0, 0.05) is 12.7 Å². The number of methoxy groups -OCH3 is 1. The first kappa shape index (κ1) is 14.0. The molecule has 5 nitrogen and oxygen atoms in total. The van der Waals surface area contributed by atoms with Crippen LogP contribution in [-0.4, -0.2) is 36.7 Å². The van der Waals surface area contributed by atoms with E-state index >= 15 is 0 Å². The largest absolute Gasteiger partial charge is 0.480 e. The van der Waals surface area contributed by atoms with Gasteiger partial charge in [0.1, 0.15) is 0 Å². The molecule has 0 heterocycles. The Balaban J connectivity index is 2.20. The van der Waals surface area contributed by atoms with Crippen molar-refractivity contribution in [2.24, 2.45) is 0 Å². The fraction of sp³-hybridized carbons (Fsp3) is 0.200. The van der Waals surface area contributed by atoms with Crippen LogP contribution in [0.25, 0.3) is 10.8 Å². The Labute approximate surface area is 116 Å². The number of carbonyl (C=O) groups excluding carboxylic acids is 1. The summed E-state index contributed by atoms with van der Waals surface area (Å²) >= 11 is 0. The molecule has 1 unspecified atom stereocenters. The lowest BCUT2D eigenvalue weighted by Gasteiger charge is -2.13. The lowest BCUT2D eigenvalue weighted by Crippen LogP contribution is -2.43. The minimum absolute atomic E-state index is 0.0747. The summed E-state index contributed by atoms with van der Waals surface area (Å²) in [5, 5.41) is 13.4. The van der Waals surface area contributed by atoms with Gasteiger partial charge in [0.05, 0.1) is 6.61 Å². The van der Waals surface area contributed by atoms with Gasteiger partial charge in [-0.3, -0.25) is 4.79 Å². The van der Waals surface area contributed by atoms with E-state index in [1.807, 2.05) is 30.3 Å². The fourth-order valence-electron chi connectivity index (χ4n) is 1.91. The number of amides is 1. The highest BCUT2D eigenvalue weighted by Crippen LogP contribution is 2.15. The van der Waals surface area contributed by atoms with Gasteiger partial charge >= 0.3 is 5.97 Å². The minimum Gasteiger partial charge on any atom is -0.480 e. The summed E-state index contributed by atoms with van der Waals surface area (Å²) < 4.78 is 4.78. The molecule has 2 aromatic carbocycles. The monoisotopic (exact) mass is 273 g/mol. The van der Waals surface area contributed by atoms with Crippen molar-refractivity contribution < 1.29 is 19.4 Å². The van der Waals surface area contributed by atoms with Crippen LogP contribution in [0, 0.1) is 0 Å². The first-order chi connectivity index (χ1) is 9.61. The smallest absolute Gasteiger partial charge is 0.328 e. The molecule has 0 saturated carbocycles. The summed E-state index contributed by atoms with van der Waals surface area (Å²) in [7, 11) is 1.39. The zero-order valence-electron chi connectivity index (χ0n) is 11.0. The lowest BCUT2D eigenvalue weighted by atomic mass is 10.1. The summed E-state index contributed by atoms with van der Waals surface area (Å²) in [6.45, 7) is -0.0747. The van der Waals surface area contributed by atoms with Crippen LogP contribution in [-0.2, 0) is 9.53 Å². The van der Waals surface area contributed by atoms with Crippen molar-refractivity contribution in [3.63, 3.8) is 0 Å². The van der Waals surface area contributed by atoms with Crippen LogP contribution in [0.15, 0.2) is 42.5 Å². The lowest BCUT2D eigenvalue weighted by molar-refractivity contribution is -0.140. The number of aliphatic carboxylic acids is 1. The number of ether oxygens (including phenoxy) is 1. The number of hydrogen-bond acceptors (Lipinski definition) is 3. The van der Waals surface area contributed by atoms with Crippen molar-refractivity contribution in [1.82, 2.24) is 5.32 Å². The van der Waals surface area contributed by atoms with Gasteiger partial charge in [0.25, 0.3) is 5.91 Å². The van der Waals surface area contributed by atoms with E-state index in [0.29, 0.717) is 5.56 Å². The zero-order valence-corrected chi connectivity index (χ0v) is 11.0. The molecular weight excluding hydrogens is 258 g/mol. The standard InChI is InChI=1S/C15H15NO4/c1-20-9-13(15(18)19)16-14(17)12-7-6-10-4-2-3-5-11(10)8-12/h2-8,13H,9H2,1H3,(H,16,17)(H,18,19). The van der Waals surface area contributed by atoms with Crippen LogP contribution >= 0.6 is 0 Å². The number of hydrogen-bond donors (Lipinski definition) is 2. The normalized spacial score (nSPS) is 12.1. The molecule has 2 aromatic rings. The van der Waals surface area contributed by atoms with Crippen LogP contribution < -0.4 is 5.32 Å². The Hall–Kier alpha value is -2.40. The van der Waals surface area contributed by atoms with Gasteiger partial charge in [-0.2, -0.15) is 0 Å². The molecule has 5 heteroatoms. The number of rotatable bonds is 5. The zero-order chi connectivity index (χ0) is 14.5. The fourth-order valence-corrected chi connectivity index (χ4v) is 1.91. The average Bonchev–Trinajstić information content (AvgIpc) is 2.46. The Morgan fingerprint density at radius 2 is 1.90 bits per heavy atom. The quantitative estimate of drug-likeness (QED) is 0.869. The maximum atomic E-state index is 12.0. The third-order valence-corrected chi connectivity index (χ3v) is 2.95. The number of carboxylic acid groups (broad SMARTS) is 1. The number of carbonyl (C=O) groups is 2. The molecule has 1 amide bonds. The van der Waals surface area contributed by atoms with Crippen molar-refractivity contribution in [2.45, 2.75) is 6.04 Å². The second-order valence-electron chi connectivity index (χ2n) is 4.38. The van der Waals surface area contributed by atoms with E-state index in [1.165, 1.54) is 7.11 Å². The molecule has 0 aliphatic rings. The van der Waals surface area contributed by atoms with E-state index in [4.69, 9.17) is 9.84 Å². The molecule has 0 aliphatic heterocycles. The summed E-state index contributed by atoms with van der Waals surface area (Å²) in [4.78, 5) is 23.0. The van der Waals surface area contributed by atoms with Gasteiger partial charge in [0.15, 0.2) is 6.04 Å². The van der Waals surface area contributed by atoms with Gasteiger partial charge in [-0.15, -0.1) is 0 Å². The minimum atomic E-state index is -1.12. The Morgan fingerprint density at radius 3 is 2.55 bits per heavy atom. The van der Waals surface area contributed by atoms with Crippen molar-refractivity contribution in [1.29, 1.82) is 0 Å². The number of nitrogens with one attached hydrogen (secondary N) is 1. The molecular formula is C15H15NO4. The number of fused-ring (bicyclic) bond motifs is 1. The maximum absolute atomic E-state index is 12.0. The van der Waals surface area contributed by atoms with E-state index in [2.05, 4.69) is 5.32 Å². The molecule has 1 atom stereocenters. The molecule has 104 valence electrons. The SMILES string of the molecule is COCC(NC(=O)c1ccc2ccccc2c1)C(=O)O. The molecule has 0 spiro atoms. The van der Waals surface area contributed by atoms with Crippen molar-refractivity contribution >= 4 is 22.6 Å². The Kier molecular flexibility index (Phi) is 4.32. The molecule has 0 aromatic heterocycles. The predicted octanol–water partition coefficient (Wildman–Crippen LogP) is 1.67. The molecule has 20 heavy (non-hydrogen) atoms. The summed E-state index contributed by atoms with van der Waals surface area (Å²) in [6.07, 6.45) is 0. The summed E-state index contributed by atoms with van der Waals surface area (Å²) in [6, 6.07) is 11.8. The first-order valence-electron chi connectivity index (χ1n) is 6.13. The molecule has 0 fully saturated rings. The summed E-state index contributed by atoms with van der Waals surface area (Å²) in [5.41, 5.74) is 0.422. The molecule has 0 radical (unpaired) electrons. The van der Waals surface area contributed by atoms with Crippen LogP contribution in [0.3, 0.4) is 0 Å². The molecule has 2 N–H and O–H groups in total. The molecule has 0 aliphatic carbocycles. The van der Waals surface area contributed by atoms with Crippen LogP contribution in [0.4, 0.5) is 0 Å². The molecule has 2 rings (SSSR count). The van der Waals surface area contributed by atoms with E-state index in [1.54, 1.807) is 12.1 Å². The number of carboxylic acids is 1.